The minimum absolute atomic E-state index is 0.0258. The van der Waals surface area contributed by atoms with Crippen LogP contribution in [0.2, 0.25) is 0 Å². The van der Waals surface area contributed by atoms with Gasteiger partial charge in [-0.05, 0) is 32.6 Å². The second-order valence-corrected chi connectivity index (χ2v) is 4.72. The van der Waals surface area contributed by atoms with Crippen molar-refractivity contribution < 1.29 is 14.6 Å². The van der Waals surface area contributed by atoms with Crippen LogP contribution in [0.15, 0.2) is 0 Å². The van der Waals surface area contributed by atoms with Gasteiger partial charge in [-0.15, -0.1) is 0 Å². The van der Waals surface area contributed by atoms with Gasteiger partial charge in [-0.2, -0.15) is 0 Å². The van der Waals surface area contributed by atoms with Crippen molar-refractivity contribution in [3.63, 3.8) is 0 Å². The first-order chi connectivity index (χ1) is 7.13. The van der Waals surface area contributed by atoms with Crippen LogP contribution in [0.25, 0.3) is 0 Å². The van der Waals surface area contributed by atoms with Crippen molar-refractivity contribution in [1.29, 1.82) is 0 Å². The molecule has 2 rings (SSSR count). The summed E-state index contributed by atoms with van der Waals surface area (Å²) in [4.78, 5) is 12.9. The summed E-state index contributed by atoms with van der Waals surface area (Å²) in [6, 6.07) is -0.380. The molecule has 2 aliphatic heterocycles. The van der Waals surface area contributed by atoms with E-state index in [9.17, 15) is 4.79 Å². The maximum absolute atomic E-state index is 10.9. The van der Waals surface area contributed by atoms with E-state index in [0.29, 0.717) is 0 Å². The molecule has 2 aliphatic rings. The number of carboxylic acid groups (broad SMARTS) is 1. The SMILES string of the molecule is C[C@@H](C(=O)O)N1CC[C@]2(CCCCO2)C1. The number of likely N-dealkylation sites (tertiary alicyclic amines) is 1. The van der Waals surface area contributed by atoms with Gasteiger partial charge in [-0.1, -0.05) is 0 Å². The molecule has 0 aromatic rings. The third kappa shape index (κ3) is 2.16. The lowest BCUT2D eigenvalue weighted by molar-refractivity contribution is -0.142. The van der Waals surface area contributed by atoms with Crippen LogP contribution in [0.3, 0.4) is 0 Å². The predicted octanol–water partition coefficient (Wildman–Crippen LogP) is 1.10. The molecule has 1 N–H and O–H groups in total. The van der Waals surface area contributed by atoms with Gasteiger partial charge in [0.25, 0.3) is 0 Å². The highest BCUT2D eigenvalue weighted by Crippen LogP contribution is 2.34. The number of aliphatic carboxylic acids is 1. The number of rotatable bonds is 2. The minimum Gasteiger partial charge on any atom is -0.480 e. The molecular formula is C11H19NO3. The van der Waals surface area contributed by atoms with E-state index in [-0.39, 0.29) is 11.6 Å². The Labute approximate surface area is 90.2 Å². The highest BCUT2D eigenvalue weighted by Gasteiger charge is 2.42. The van der Waals surface area contributed by atoms with E-state index >= 15 is 0 Å². The lowest BCUT2D eigenvalue weighted by Crippen LogP contribution is -2.43. The molecule has 0 unspecified atom stereocenters. The van der Waals surface area contributed by atoms with E-state index in [2.05, 4.69) is 0 Å². The highest BCUT2D eigenvalue weighted by atomic mass is 16.5. The van der Waals surface area contributed by atoms with Gasteiger partial charge in [0.1, 0.15) is 6.04 Å². The highest BCUT2D eigenvalue weighted by molar-refractivity contribution is 5.72. The third-order valence-electron chi connectivity index (χ3n) is 3.69. The van der Waals surface area contributed by atoms with Crippen molar-refractivity contribution in [2.45, 2.75) is 44.2 Å². The van der Waals surface area contributed by atoms with Crippen molar-refractivity contribution in [1.82, 2.24) is 4.90 Å². The molecule has 4 heteroatoms. The zero-order valence-electron chi connectivity index (χ0n) is 9.24. The fraction of sp³-hybridized carbons (Fsp3) is 0.909. The zero-order chi connectivity index (χ0) is 10.9. The monoisotopic (exact) mass is 213 g/mol. The quantitative estimate of drug-likeness (QED) is 0.746. The summed E-state index contributed by atoms with van der Waals surface area (Å²) in [5.74, 6) is -0.733. The van der Waals surface area contributed by atoms with Gasteiger partial charge in [0, 0.05) is 19.7 Å². The molecule has 0 radical (unpaired) electrons. The van der Waals surface area contributed by atoms with Crippen LogP contribution >= 0.6 is 0 Å². The summed E-state index contributed by atoms with van der Waals surface area (Å²) in [7, 11) is 0. The second-order valence-electron chi connectivity index (χ2n) is 4.72. The minimum atomic E-state index is -0.733. The Morgan fingerprint density at radius 1 is 1.47 bits per heavy atom. The van der Waals surface area contributed by atoms with Gasteiger partial charge in [0.05, 0.1) is 5.60 Å². The number of ether oxygens (including phenoxy) is 1. The lowest BCUT2D eigenvalue weighted by atomic mass is 9.93. The molecule has 0 aliphatic carbocycles. The van der Waals surface area contributed by atoms with Crippen LogP contribution in [0.5, 0.6) is 0 Å². The molecule has 2 saturated heterocycles. The second kappa shape index (κ2) is 4.10. The van der Waals surface area contributed by atoms with Crippen LogP contribution in [0.4, 0.5) is 0 Å². The molecule has 0 aromatic carbocycles. The summed E-state index contributed by atoms with van der Waals surface area (Å²) in [5, 5.41) is 8.95. The van der Waals surface area contributed by atoms with Crippen molar-refractivity contribution >= 4 is 5.97 Å². The van der Waals surface area contributed by atoms with Gasteiger partial charge >= 0.3 is 5.97 Å². The maximum Gasteiger partial charge on any atom is 0.320 e. The number of hydrogen-bond acceptors (Lipinski definition) is 3. The van der Waals surface area contributed by atoms with E-state index in [1.165, 1.54) is 6.42 Å². The summed E-state index contributed by atoms with van der Waals surface area (Å²) in [6.07, 6.45) is 4.45. The molecular weight excluding hydrogens is 194 g/mol. The van der Waals surface area contributed by atoms with Crippen LogP contribution in [0, 0.1) is 0 Å². The van der Waals surface area contributed by atoms with Gasteiger partial charge in [-0.25, -0.2) is 0 Å². The Balaban J connectivity index is 1.96. The van der Waals surface area contributed by atoms with Gasteiger partial charge in [0.2, 0.25) is 0 Å². The average molecular weight is 213 g/mol. The Morgan fingerprint density at radius 3 is 2.87 bits per heavy atom. The Hall–Kier alpha value is -0.610. The molecule has 2 atom stereocenters. The Morgan fingerprint density at radius 2 is 2.27 bits per heavy atom. The number of carboxylic acids is 1. The van der Waals surface area contributed by atoms with Crippen LogP contribution < -0.4 is 0 Å². The van der Waals surface area contributed by atoms with E-state index in [0.717, 1.165) is 39.0 Å². The van der Waals surface area contributed by atoms with Gasteiger partial charge in [-0.3, -0.25) is 9.69 Å². The maximum atomic E-state index is 10.9. The first-order valence-electron chi connectivity index (χ1n) is 5.74. The molecule has 0 amide bonds. The first-order valence-corrected chi connectivity index (χ1v) is 5.74. The van der Waals surface area contributed by atoms with Crippen molar-refractivity contribution in [2.24, 2.45) is 0 Å². The zero-order valence-corrected chi connectivity index (χ0v) is 9.24. The topological polar surface area (TPSA) is 49.8 Å². The molecule has 0 saturated carbocycles. The van der Waals surface area contributed by atoms with Crippen molar-refractivity contribution in [3.05, 3.63) is 0 Å². The standard InChI is InChI=1S/C11H19NO3/c1-9(10(13)14)12-6-5-11(8-12)4-2-3-7-15-11/h9H,2-8H2,1H3,(H,13,14)/t9-,11+/m0/s1. The fourth-order valence-electron chi connectivity index (χ4n) is 2.59. The number of carbonyl (C=O) groups is 1. The fourth-order valence-corrected chi connectivity index (χ4v) is 2.59. The summed E-state index contributed by atoms with van der Waals surface area (Å²) in [5.41, 5.74) is -0.0258. The van der Waals surface area contributed by atoms with E-state index in [1.807, 2.05) is 4.90 Å². The Bertz CT molecular complexity index is 248. The number of nitrogens with zero attached hydrogens (tertiary/aromatic N) is 1. The van der Waals surface area contributed by atoms with Crippen molar-refractivity contribution in [3.8, 4) is 0 Å². The normalized spacial score (nSPS) is 34.5. The molecule has 1 spiro atoms. The Kier molecular flexibility index (Phi) is 2.98. The van der Waals surface area contributed by atoms with E-state index in [4.69, 9.17) is 9.84 Å². The summed E-state index contributed by atoms with van der Waals surface area (Å²) in [6.45, 7) is 4.24. The smallest absolute Gasteiger partial charge is 0.320 e. The molecule has 2 fully saturated rings. The van der Waals surface area contributed by atoms with Gasteiger partial charge in [0.15, 0.2) is 0 Å². The average Bonchev–Trinajstić information content (AvgIpc) is 2.62. The molecule has 4 nitrogen and oxygen atoms in total. The van der Waals surface area contributed by atoms with Crippen molar-refractivity contribution in [2.75, 3.05) is 19.7 Å². The largest absolute Gasteiger partial charge is 0.480 e. The number of hydrogen-bond donors (Lipinski definition) is 1. The summed E-state index contributed by atoms with van der Waals surface area (Å²) >= 11 is 0. The van der Waals surface area contributed by atoms with Crippen LogP contribution in [0.1, 0.15) is 32.6 Å². The van der Waals surface area contributed by atoms with E-state index in [1.54, 1.807) is 6.92 Å². The molecule has 86 valence electrons. The third-order valence-corrected chi connectivity index (χ3v) is 3.69. The molecule has 2 heterocycles. The first kappa shape index (κ1) is 10.9. The van der Waals surface area contributed by atoms with Crippen LogP contribution in [-0.4, -0.2) is 47.3 Å². The molecule has 0 aromatic heterocycles. The predicted molar refractivity (Wildman–Crippen MR) is 55.8 cm³/mol. The lowest BCUT2D eigenvalue weighted by Gasteiger charge is -2.34. The molecule has 0 bridgehead atoms. The van der Waals surface area contributed by atoms with Gasteiger partial charge < -0.3 is 9.84 Å². The van der Waals surface area contributed by atoms with E-state index < -0.39 is 5.97 Å². The summed E-state index contributed by atoms with van der Waals surface area (Å²) < 4.78 is 5.85. The molecule has 15 heavy (non-hydrogen) atoms. The van der Waals surface area contributed by atoms with Crippen LogP contribution in [-0.2, 0) is 9.53 Å².